The number of aryl methyl sites for hydroxylation is 4. The number of unbranched alkanes of at least 4 members (excludes halogenated alkanes) is 2. The largest absolute Gasteiger partial charge is 4.00 e. The zero-order valence-electron chi connectivity index (χ0n) is 28.0. The van der Waals surface area contributed by atoms with Crippen molar-refractivity contribution in [3.8, 4) is 22.3 Å². The van der Waals surface area contributed by atoms with Crippen LogP contribution in [-0.2, 0) is 51.9 Å². The number of benzene rings is 4. The van der Waals surface area contributed by atoms with E-state index in [-0.39, 0.29) is 26.2 Å². The molecular weight excluding hydrogens is 620 g/mol. The number of fused-ring (bicyclic) bond motifs is 2. The van der Waals surface area contributed by atoms with Gasteiger partial charge in [-0.25, -0.2) is 0 Å². The molecular formula is C44H50Zr. The van der Waals surface area contributed by atoms with E-state index in [1.165, 1.54) is 78.9 Å². The molecule has 0 saturated heterocycles. The van der Waals surface area contributed by atoms with Gasteiger partial charge in [0, 0.05) is 0 Å². The van der Waals surface area contributed by atoms with Crippen LogP contribution in [0.5, 0.6) is 0 Å². The zero-order valence-corrected chi connectivity index (χ0v) is 30.4. The summed E-state index contributed by atoms with van der Waals surface area (Å²) in [5.74, 6) is 0. The predicted octanol–water partition coefficient (Wildman–Crippen LogP) is 12.9. The molecule has 0 aliphatic rings. The summed E-state index contributed by atoms with van der Waals surface area (Å²) in [4.78, 5) is 0. The second-order valence-electron chi connectivity index (χ2n) is 11.5. The molecule has 0 aliphatic carbocycles. The van der Waals surface area contributed by atoms with Gasteiger partial charge in [0.15, 0.2) is 0 Å². The maximum Gasteiger partial charge on any atom is 4.00 e. The molecule has 0 bridgehead atoms. The Morgan fingerprint density at radius 1 is 0.489 bits per heavy atom. The molecule has 6 aromatic carbocycles. The molecule has 0 amide bonds. The topological polar surface area (TPSA) is 0 Å². The molecule has 1 heteroatoms. The fraction of sp³-hybridized carbons (Fsp3) is 0.273. The Bertz CT molecular complexity index is 1570. The summed E-state index contributed by atoms with van der Waals surface area (Å²) < 4.78 is 0. The van der Waals surface area contributed by atoms with Crippen LogP contribution in [0.3, 0.4) is 0 Å². The molecule has 0 heterocycles. The Labute approximate surface area is 292 Å². The van der Waals surface area contributed by atoms with Crippen molar-refractivity contribution < 1.29 is 26.2 Å². The third kappa shape index (κ3) is 8.83. The summed E-state index contributed by atoms with van der Waals surface area (Å²) in [7, 11) is 0. The molecule has 230 valence electrons. The van der Waals surface area contributed by atoms with Crippen molar-refractivity contribution in [1.29, 1.82) is 0 Å². The second kappa shape index (κ2) is 18.8. The van der Waals surface area contributed by atoms with Crippen molar-refractivity contribution in [2.24, 2.45) is 0 Å². The van der Waals surface area contributed by atoms with E-state index in [0.717, 1.165) is 38.5 Å². The van der Waals surface area contributed by atoms with Gasteiger partial charge in [0.25, 0.3) is 0 Å². The standard InChI is InChI=1S/C36H32.2C4H9.Zr/c1-3-25-23-29-17-11-19-31(27-13-7-5-8-14-27)35(29)33(25)21-22-34-26(4-2)24-30-18-12-20-32(36(30)34)28-15-9-6-10-16-28;2*1-3-4-2;/h5-20,23-24H,3-4,21-22H2,1-2H3;2*1,3-4H2,2H3;/q-2;2*-1;+4. The van der Waals surface area contributed by atoms with Crippen LogP contribution in [0.4, 0.5) is 0 Å². The van der Waals surface area contributed by atoms with E-state index in [1.807, 2.05) is 0 Å². The minimum absolute atomic E-state index is 0. The predicted molar refractivity (Wildman–Crippen MR) is 197 cm³/mol. The van der Waals surface area contributed by atoms with Gasteiger partial charge < -0.3 is 13.8 Å². The summed E-state index contributed by atoms with van der Waals surface area (Å²) in [6.45, 7) is 16.0. The summed E-state index contributed by atoms with van der Waals surface area (Å²) in [5.41, 5.74) is 11.4. The molecule has 0 atom stereocenters. The van der Waals surface area contributed by atoms with E-state index in [2.05, 4.69) is 151 Å². The molecule has 6 rings (SSSR count). The fourth-order valence-corrected chi connectivity index (χ4v) is 6.09. The van der Waals surface area contributed by atoms with E-state index in [0.29, 0.717) is 0 Å². The quantitative estimate of drug-likeness (QED) is 0.134. The molecule has 0 saturated carbocycles. The zero-order chi connectivity index (χ0) is 31.3. The molecule has 0 aliphatic heterocycles. The van der Waals surface area contributed by atoms with Crippen LogP contribution >= 0.6 is 0 Å². The minimum atomic E-state index is 0. The average molecular weight is 670 g/mol. The van der Waals surface area contributed by atoms with Gasteiger partial charge in [-0.1, -0.05) is 137 Å². The first-order valence-electron chi connectivity index (χ1n) is 16.7. The fourth-order valence-electron chi connectivity index (χ4n) is 6.09. The van der Waals surface area contributed by atoms with Gasteiger partial charge in [-0.3, -0.25) is 0 Å². The van der Waals surface area contributed by atoms with Gasteiger partial charge in [0.1, 0.15) is 0 Å². The van der Waals surface area contributed by atoms with E-state index < -0.39 is 0 Å². The van der Waals surface area contributed by atoms with Crippen LogP contribution in [0.1, 0.15) is 75.6 Å². The molecule has 0 nitrogen and oxygen atoms in total. The minimum Gasteiger partial charge on any atom is -0.343 e. The molecule has 0 N–H and O–H groups in total. The van der Waals surface area contributed by atoms with Gasteiger partial charge in [0.05, 0.1) is 0 Å². The van der Waals surface area contributed by atoms with Gasteiger partial charge in [-0.05, 0) is 24.0 Å². The molecule has 0 spiro atoms. The summed E-state index contributed by atoms with van der Waals surface area (Å²) in [6.07, 6.45) is 8.81. The molecule has 0 unspecified atom stereocenters. The van der Waals surface area contributed by atoms with Crippen molar-refractivity contribution in [1.82, 2.24) is 0 Å². The van der Waals surface area contributed by atoms with Crippen molar-refractivity contribution in [3.05, 3.63) is 145 Å². The third-order valence-corrected chi connectivity index (χ3v) is 8.50. The van der Waals surface area contributed by atoms with Gasteiger partial charge in [-0.15, -0.1) is 69.1 Å². The van der Waals surface area contributed by atoms with Crippen LogP contribution in [-0.4, -0.2) is 0 Å². The summed E-state index contributed by atoms with van der Waals surface area (Å²) in [6, 6.07) is 40.2. The average Bonchev–Trinajstić information content (AvgIpc) is 3.65. The third-order valence-electron chi connectivity index (χ3n) is 8.50. The molecule has 45 heavy (non-hydrogen) atoms. The maximum atomic E-state index is 3.60. The first-order valence-corrected chi connectivity index (χ1v) is 16.7. The molecule has 6 aromatic rings. The maximum absolute atomic E-state index is 3.60. The van der Waals surface area contributed by atoms with E-state index >= 15 is 0 Å². The van der Waals surface area contributed by atoms with E-state index in [9.17, 15) is 0 Å². The van der Waals surface area contributed by atoms with E-state index in [1.54, 1.807) is 0 Å². The number of rotatable bonds is 9. The molecule has 0 aromatic heterocycles. The first-order chi connectivity index (χ1) is 21.6. The van der Waals surface area contributed by atoms with Gasteiger partial charge in [0.2, 0.25) is 0 Å². The summed E-state index contributed by atoms with van der Waals surface area (Å²) in [5, 5.41) is 5.63. The van der Waals surface area contributed by atoms with Crippen molar-refractivity contribution in [2.75, 3.05) is 0 Å². The Balaban J connectivity index is 0.000000552. The van der Waals surface area contributed by atoms with Crippen LogP contribution in [0.2, 0.25) is 0 Å². The van der Waals surface area contributed by atoms with Gasteiger partial charge >= 0.3 is 26.2 Å². The van der Waals surface area contributed by atoms with Crippen molar-refractivity contribution in [2.45, 2.75) is 79.1 Å². The number of hydrogen-bond acceptors (Lipinski definition) is 0. The van der Waals surface area contributed by atoms with Crippen LogP contribution in [0.25, 0.3) is 43.8 Å². The Kier molecular flexibility index (Phi) is 15.3. The van der Waals surface area contributed by atoms with Crippen molar-refractivity contribution >= 4 is 21.5 Å². The Morgan fingerprint density at radius 2 is 0.844 bits per heavy atom. The SMILES string of the molecule is CCc1[cH-]c2cccc(-c3ccccc3)c2c1CCc1c(CC)[cH-]c2cccc(-c3ccccc3)c12.[CH2-]CCC.[CH2-]CCC.[Zr+4]. The normalized spacial score (nSPS) is 10.5. The van der Waals surface area contributed by atoms with E-state index in [4.69, 9.17) is 0 Å². The second-order valence-corrected chi connectivity index (χ2v) is 11.5. The molecule has 0 fully saturated rings. The summed E-state index contributed by atoms with van der Waals surface area (Å²) >= 11 is 0. The molecule has 0 radical (unpaired) electrons. The first kappa shape index (κ1) is 36.5. The monoisotopic (exact) mass is 668 g/mol. The van der Waals surface area contributed by atoms with Crippen LogP contribution in [0, 0.1) is 13.8 Å². The Hall–Kier alpha value is -3.02. The Morgan fingerprint density at radius 3 is 1.16 bits per heavy atom. The van der Waals surface area contributed by atoms with Crippen LogP contribution < -0.4 is 0 Å². The van der Waals surface area contributed by atoms with Crippen LogP contribution in [0.15, 0.2) is 109 Å². The smallest absolute Gasteiger partial charge is 0.343 e. The van der Waals surface area contributed by atoms with Gasteiger partial charge in [-0.2, -0.15) is 24.0 Å². The number of hydrogen-bond donors (Lipinski definition) is 0. The van der Waals surface area contributed by atoms with Crippen molar-refractivity contribution in [3.63, 3.8) is 0 Å².